The normalized spacial score (nSPS) is 19.2. The summed E-state index contributed by atoms with van der Waals surface area (Å²) in [4.78, 5) is 35.0. The third-order valence-corrected chi connectivity index (χ3v) is 6.56. The number of pyridine rings is 1. The third-order valence-electron chi connectivity index (χ3n) is 6.56. The smallest absolute Gasteiger partial charge is 0.259 e. The molecule has 3 aromatic rings. The Morgan fingerprint density at radius 1 is 1.24 bits per heavy atom. The molecule has 1 fully saturated rings. The molecule has 0 aromatic carbocycles. The molecule has 0 unspecified atom stereocenters. The SMILES string of the molecule is Cc1noc(C)c1C(=O)N1CC[C@@]2(C1)c1cccn1-c1ncccc1N2CC(=O)NC(C)C. The van der Waals surface area contributed by atoms with Gasteiger partial charge in [-0.1, -0.05) is 5.16 Å². The van der Waals surface area contributed by atoms with Gasteiger partial charge in [-0.3, -0.25) is 9.59 Å². The zero-order chi connectivity index (χ0) is 23.3. The van der Waals surface area contributed by atoms with Crippen molar-refractivity contribution in [3.63, 3.8) is 0 Å². The van der Waals surface area contributed by atoms with Crippen LogP contribution in [0.1, 0.15) is 47.8 Å². The summed E-state index contributed by atoms with van der Waals surface area (Å²) in [6, 6.07) is 7.97. The summed E-state index contributed by atoms with van der Waals surface area (Å²) in [5.41, 5.74) is 2.46. The lowest BCUT2D eigenvalue weighted by Gasteiger charge is -2.46. The van der Waals surface area contributed by atoms with Crippen LogP contribution in [0.4, 0.5) is 5.69 Å². The second-order valence-electron chi connectivity index (χ2n) is 9.13. The number of anilines is 1. The molecule has 0 saturated carbocycles. The Labute approximate surface area is 192 Å². The highest BCUT2D eigenvalue weighted by atomic mass is 16.5. The summed E-state index contributed by atoms with van der Waals surface area (Å²) in [7, 11) is 0. The van der Waals surface area contributed by atoms with Crippen LogP contribution in [0.5, 0.6) is 0 Å². The Morgan fingerprint density at radius 2 is 2.06 bits per heavy atom. The largest absolute Gasteiger partial charge is 0.361 e. The first-order chi connectivity index (χ1) is 15.8. The Hall–Kier alpha value is -3.62. The van der Waals surface area contributed by atoms with Crippen LogP contribution in [-0.4, -0.2) is 57.1 Å². The lowest BCUT2D eigenvalue weighted by molar-refractivity contribution is -0.120. The van der Waals surface area contributed by atoms with Gasteiger partial charge in [-0.25, -0.2) is 4.98 Å². The number of hydrogen-bond acceptors (Lipinski definition) is 6. The van der Waals surface area contributed by atoms with Crippen LogP contribution in [0.15, 0.2) is 41.2 Å². The van der Waals surface area contributed by atoms with Gasteiger partial charge < -0.3 is 24.2 Å². The maximum Gasteiger partial charge on any atom is 0.259 e. The van der Waals surface area contributed by atoms with Crippen molar-refractivity contribution in [2.24, 2.45) is 0 Å². The summed E-state index contributed by atoms with van der Waals surface area (Å²) in [5.74, 6) is 1.16. The van der Waals surface area contributed by atoms with E-state index in [1.165, 1.54) is 0 Å². The van der Waals surface area contributed by atoms with Crippen molar-refractivity contribution >= 4 is 17.5 Å². The highest BCUT2D eigenvalue weighted by molar-refractivity contribution is 5.96. The van der Waals surface area contributed by atoms with E-state index in [0.717, 1.165) is 17.2 Å². The second-order valence-corrected chi connectivity index (χ2v) is 9.13. The first kappa shape index (κ1) is 21.2. The topological polar surface area (TPSA) is 96.5 Å². The molecule has 2 amide bonds. The highest BCUT2D eigenvalue weighted by Crippen LogP contribution is 2.47. The average Bonchev–Trinajstić information content (AvgIpc) is 3.50. The number of likely N-dealkylation sites (tertiary alicyclic amines) is 1. The zero-order valence-electron chi connectivity index (χ0n) is 19.3. The summed E-state index contributed by atoms with van der Waals surface area (Å²) < 4.78 is 7.32. The quantitative estimate of drug-likeness (QED) is 0.659. The van der Waals surface area contributed by atoms with E-state index in [9.17, 15) is 9.59 Å². The van der Waals surface area contributed by atoms with Gasteiger partial charge in [0, 0.05) is 31.5 Å². The van der Waals surface area contributed by atoms with E-state index in [2.05, 4.69) is 31.0 Å². The van der Waals surface area contributed by atoms with Crippen molar-refractivity contribution < 1.29 is 14.1 Å². The summed E-state index contributed by atoms with van der Waals surface area (Å²) in [6.45, 7) is 8.62. The minimum Gasteiger partial charge on any atom is -0.361 e. The summed E-state index contributed by atoms with van der Waals surface area (Å²) in [5, 5.41) is 6.96. The van der Waals surface area contributed by atoms with E-state index < -0.39 is 5.54 Å². The zero-order valence-corrected chi connectivity index (χ0v) is 19.3. The monoisotopic (exact) mass is 448 g/mol. The molecule has 33 heavy (non-hydrogen) atoms. The molecule has 3 aromatic heterocycles. The number of hydrogen-bond donors (Lipinski definition) is 1. The number of carbonyl (C=O) groups excluding carboxylic acids is 2. The number of aromatic nitrogens is 3. The number of amides is 2. The molecule has 0 aliphatic carbocycles. The van der Waals surface area contributed by atoms with E-state index in [-0.39, 0.29) is 24.4 Å². The number of fused-ring (bicyclic) bond motifs is 4. The Bertz CT molecular complexity index is 1210. The van der Waals surface area contributed by atoms with Crippen LogP contribution in [0.2, 0.25) is 0 Å². The fourth-order valence-electron chi connectivity index (χ4n) is 5.19. The van der Waals surface area contributed by atoms with Crippen molar-refractivity contribution in [1.82, 2.24) is 24.9 Å². The molecule has 9 heteroatoms. The van der Waals surface area contributed by atoms with Gasteiger partial charge in [-0.15, -0.1) is 0 Å². The lowest BCUT2D eigenvalue weighted by Crippen LogP contribution is -2.56. The van der Waals surface area contributed by atoms with Crippen LogP contribution < -0.4 is 10.2 Å². The predicted octanol–water partition coefficient (Wildman–Crippen LogP) is 2.56. The molecule has 9 nitrogen and oxygen atoms in total. The van der Waals surface area contributed by atoms with Gasteiger partial charge in [-0.05, 0) is 58.4 Å². The maximum absolute atomic E-state index is 13.5. The van der Waals surface area contributed by atoms with Crippen LogP contribution in [0, 0.1) is 13.8 Å². The standard InChI is InChI=1S/C24H28N6O3/c1-15(2)26-20(31)13-30-18-7-5-10-25-22(18)29-11-6-8-19(29)24(30)9-12-28(14-24)23(32)21-16(3)27-33-17(21)4/h5-8,10-11,15H,9,12-14H2,1-4H3,(H,26,31)/t24-/m1/s1. The van der Waals surface area contributed by atoms with Crippen LogP contribution in [-0.2, 0) is 10.3 Å². The van der Waals surface area contributed by atoms with Crippen molar-refractivity contribution in [2.45, 2.75) is 45.7 Å². The molecule has 0 radical (unpaired) electrons. The van der Waals surface area contributed by atoms with Crippen molar-refractivity contribution in [1.29, 1.82) is 0 Å². The number of nitrogens with one attached hydrogen (secondary N) is 1. The molecule has 1 spiro atoms. The molecular weight excluding hydrogens is 420 g/mol. The van der Waals surface area contributed by atoms with Gasteiger partial charge in [0.05, 0.1) is 23.6 Å². The van der Waals surface area contributed by atoms with E-state index >= 15 is 0 Å². The molecule has 2 aliphatic heterocycles. The van der Waals surface area contributed by atoms with Crippen molar-refractivity contribution in [3.05, 3.63) is 59.4 Å². The first-order valence-electron chi connectivity index (χ1n) is 11.2. The number of rotatable bonds is 4. The van der Waals surface area contributed by atoms with Gasteiger partial charge in [0.1, 0.15) is 16.9 Å². The van der Waals surface area contributed by atoms with E-state index in [1.54, 1.807) is 20.0 Å². The molecule has 1 N–H and O–H groups in total. The molecule has 0 bridgehead atoms. The van der Waals surface area contributed by atoms with Gasteiger partial charge in [0.15, 0.2) is 5.82 Å². The lowest BCUT2D eigenvalue weighted by atomic mass is 9.88. The summed E-state index contributed by atoms with van der Waals surface area (Å²) >= 11 is 0. The second kappa shape index (κ2) is 7.75. The molecular formula is C24H28N6O3. The van der Waals surface area contributed by atoms with E-state index in [4.69, 9.17) is 4.52 Å². The predicted molar refractivity (Wildman–Crippen MR) is 122 cm³/mol. The van der Waals surface area contributed by atoms with Crippen LogP contribution >= 0.6 is 0 Å². The molecule has 1 atom stereocenters. The summed E-state index contributed by atoms with van der Waals surface area (Å²) in [6.07, 6.45) is 4.44. The third kappa shape index (κ3) is 3.30. The van der Waals surface area contributed by atoms with Crippen molar-refractivity contribution in [3.8, 4) is 5.82 Å². The Morgan fingerprint density at radius 3 is 2.79 bits per heavy atom. The van der Waals surface area contributed by atoms with Gasteiger partial charge >= 0.3 is 0 Å². The first-order valence-corrected chi connectivity index (χ1v) is 11.2. The maximum atomic E-state index is 13.5. The fourth-order valence-corrected chi connectivity index (χ4v) is 5.19. The molecule has 1 saturated heterocycles. The fraction of sp³-hybridized carbons (Fsp3) is 0.417. The Kier molecular flexibility index (Phi) is 4.99. The van der Waals surface area contributed by atoms with Gasteiger partial charge in [-0.2, -0.15) is 0 Å². The minimum absolute atomic E-state index is 0.0386. The molecule has 2 aliphatic rings. The van der Waals surface area contributed by atoms with E-state index in [1.807, 2.05) is 43.1 Å². The minimum atomic E-state index is -0.553. The van der Waals surface area contributed by atoms with E-state index in [0.29, 0.717) is 36.5 Å². The number of carbonyl (C=O) groups is 2. The number of nitrogens with zero attached hydrogens (tertiary/aromatic N) is 5. The molecule has 5 heterocycles. The van der Waals surface area contributed by atoms with Crippen LogP contribution in [0.3, 0.4) is 0 Å². The average molecular weight is 449 g/mol. The molecule has 5 rings (SSSR count). The number of aryl methyl sites for hydroxylation is 2. The molecule has 172 valence electrons. The van der Waals surface area contributed by atoms with Gasteiger partial charge in [0.25, 0.3) is 5.91 Å². The van der Waals surface area contributed by atoms with Crippen molar-refractivity contribution in [2.75, 3.05) is 24.5 Å². The highest BCUT2D eigenvalue weighted by Gasteiger charge is 2.51. The van der Waals surface area contributed by atoms with Gasteiger partial charge in [0.2, 0.25) is 5.91 Å². The van der Waals surface area contributed by atoms with Crippen LogP contribution in [0.25, 0.3) is 5.82 Å². The Balaban J connectivity index is 1.57.